The van der Waals surface area contributed by atoms with Gasteiger partial charge in [0, 0.05) is 27.5 Å². The number of hydrogen-bond acceptors (Lipinski definition) is 8. The van der Waals surface area contributed by atoms with Crippen LogP contribution in [0.3, 0.4) is 0 Å². The summed E-state index contributed by atoms with van der Waals surface area (Å²) in [5, 5.41) is 4.53. The van der Waals surface area contributed by atoms with Gasteiger partial charge in [-0.25, -0.2) is 9.37 Å². The number of hydrogen-bond donors (Lipinski definition) is 0. The number of halogens is 1. The monoisotopic (exact) mass is 492 g/mol. The number of benzene rings is 2. The number of carbonyl (C=O) groups excluding carboxylic acids is 1. The van der Waals surface area contributed by atoms with Gasteiger partial charge in [0.2, 0.25) is 11.9 Å². The molecule has 1 atom stereocenters. The van der Waals surface area contributed by atoms with E-state index in [4.69, 9.17) is 18.6 Å². The first-order chi connectivity index (χ1) is 17.1. The van der Waals surface area contributed by atoms with E-state index in [1.54, 1.807) is 12.1 Å². The highest BCUT2D eigenvalue weighted by atomic mass is 32.1. The highest BCUT2D eigenvalue weighted by Gasteiger charge is 2.26. The lowest BCUT2D eigenvalue weighted by atomic mass is 10.1. The molecule has 0 N–H and O–H groups in total. The zero-order chi connectivity index (χ0) is 23.9. The molecule has 0 fully saturated rings. The van der Waals surface area contributed by atoms with Gasteiger partial charge in [-0.15, -0.1) is 0 Å². The Morgan fingerprint density at radius 3 is 3.00 bits per heavy atom. The molecule has 3 aromatic heterocycles. The number of rotatable bonds is 5. The van der Waals surface area contributed by atoms with Crippen LogP contribution in [0.2, 0.25) is 0 Å². The van der Waals surface area contributed by atoms with Gasteiger partial charge in [0.15, 0.2) is 0 Å². The van der Waals surface area contributed by atoms with Crippen LogP contribution in [-0.4, -0.2) is 15.5 Å². The van der Waals surface area contributed by atoms with Gasteiger partial charge in [0.25, 0.3) is 5.56 Å². The van der Waals surface area contributed by atoms with Crippen molar-refractivity contribution in [3.63, 3.8) is 0 Å². The number of furan rings is 1. The third-order valence-corrected chi connectivity index (χ3v) is 6.38. The van der Waals surface area contributed by atoms with E-state index in [-0.39, 0.29) is 25.3 Å². The number of aromatic nitrogens is 2. The molecule has 8 nitrogen and oxygen atoms in total. The van der Waals surface area contributed by atoms with Crippen LogP contribution in [0.5, 0.6) is 5.75 Å². The first kappa shape index (κ1) is 21.5. The van der Waals surface area contributed by atoms with Crippen molar-refractivity contribution < 1.29 is 27.8 Å². The summed E-state index contributed by atoms with van der Waals surface area (Å²) in [7, 11) is 0. The van der Waals surface area contributed by atoms with E-state index in [0.717, 1.165) is 15.5 Å². The van der Waals surface area contributed by atoms with Gasteiger partial charge in [-0.2, -0.15) is 11.3 Å². The Morgan fingerprint density at radius 1 is 1.26 bits per heavy atom. The van der Waals surface area contributed by atoms with Crippen molar-refractivity contribution in [2.75, 3.05) is 0 Å². The maximum atomic E-state index is 14.2. The molecule has 6 rings (SSSR count). The summed E-state index contributed by atoms with van der Waals surface area (Å²) in [5.74, 6) is -0.764. The van der Waals surface area contributed by atoms with Crippen LogP contribution in [0.4, 0.5) is 4.39 Å². The number of esters is 1. The van der Waals surface area contributed by atoms with Crippen molar-refractivity contribution in [2.24, 2.45) is 0 Å². The van der Waals surface area contributed by atoms with E-state index in [2.05, 4.69) is 4.98 Å². The molecule has 0 spiro atoms. The van der Waals surface area contributed by atoms with E-state index in [0.29, 0.717) is 28.0 Å². The standard InChI is InChI=1S/C25H17FN2O6S/c26-17-7-15(22-16(8-17)11-32-25(34-22)14-5-6-35-12-14)10-31-20(29)9-28-13-27-21-18-3-1-2-4-19(18)33-23(21)24(28)30/h1-8,12-13,25H,9-11H2/t25-/m0/s1. The normalized spacial score (nSPS) is 15.2. The first-order valence-electron chi connectivity index (χ1n) is 10.7. The summed E-state index contributed by atoms with van der Waals surface area (Å²) in [4.78, 5) is 29.7. The predicted molar refractivity (Wildman–Crippen MR) is 124 cm³/mol. The Kier molecular flexibility index (Phi) is 5.31. The lowest BCUT2D eigenvalue weighted by Gasteiger charge is -2.27. The summed E-state index contributed by atoms with van der Waals surface area (Å²) in [6.45, 7) is -0.449. The van der Waals surface area contributed by atoms with Gasteiger partial charge >= 0.3 is 5.97 Å². The third kappa shape index (κ3) is 3.96. The van der Waals surface area contributed by atoms with E-state index in [1.807, 2.05) is 29.0 Å². The van der Waals surface area contributed by atoms with Crippen molar-refractivity contribution in [3.05, 3.63) is 92.4 Å². The van der Waals surface area contributed by atoms with Crippen LogP contribution in [0.15, 0.2) is 68.8 Å². The summed E-state index contributed by atoms with van der Waals surface area (Å²) in [6, 6.07) is 11.6. The molecule has 4 heterocycles. The Morgan fingerprint density at radius 2 is 2.14 bits per heavy atom. The van der Waals surface area contributed by atoms with E-state index in [9.17, 15) is 14.0 Å². The third-order valence-electron chi connectivity index (χ3n) is 5.68. The second-order valence-electron chi connectivity index (χ2n) is 7.98. The number of ether oxygens (including phenoxy) is 3. The molecule has 0 unspecified atom stereocenters. The zero-order valence-electron chi connectivity index (χ0n) is 18.1. The molecule has 1 aliphatic heterocycles. The molecule has 35 heavy (non-hydrogen) atoms. The van der Waals surface area contributed by atoms with Crippen LogP contribution < -0.4 is 10.3 Å². The van der Waals surface area contributed by atoms with Crippen LogP contribution in [0.1, 0.15) is 23.0 Å². The van der Waals surface area contributed by atoms with E-state index < -0.39 is 23.6 Å². The molecular formula is C25H17FN2O6S. The fraction of sp³-hybridized carbons (Fsp3) is 0.160. The maximum absolute atomic E-state index is 14.2. The Balaban J connectivity index is 1.20. The molecule has 0 saturated carbocycles. The minimum absolute atomic E-state index is 0.0635. The molecule has 10 heteroatoms. The van der Waals surface area contributed by atoms with Crippen LogP contribution >= 0.6 is 11.3 Å². The van der Waals surface area contributed by atoms with Crippen LogP contribution in [0, 0.1) is 5.82 Å². The molecular weight excluding hydrogens is 475 g/mol. The highest BCUT2D eigenvalue weighted by molar-refractivity contribution is 7.07. The van der Waals surface area contributed by atoms with Crippen molar-refractivity contribution in [3.8, 4) is 5.75 Å². The average molecular weight is 492 g/mol. The molecule has 0 saturated heterocycles. The minimum Gasteiger partial charge on any atom is -0.460 e. The Bertz CT molecular complexity index is 1620. The lowest BCUT2D eigenvalue weighted by molar-refractivity contribution is -0.146. The second kappa shape index (κ2) is 8.64. The Labute approximate surface area is 201 Å². The smallest absolute Gasteiger partial charge is 0.326 e. The summed E-state index contributed by atoms with van der Waals surface area (Å²) in [6.07, 6.45) is 0.651. The van der Waals surface area contributed by atoms with Gasteiger partial charge in [-0.05, 0) is 35.7 Å². The number of nitrogens with zero attached hydrogens (tertiary/aromatic N) is 2. The predicted octanol–water partition coefficient (Wildman–Crippen LogP) is 4.69. The molecule has 2 aromatic carbocycles. The SMILES string of the molecule is O=C(Cn1cnc2c(oc3ccccc32)c1=O)OCc1cc(F)cc2c1O[C@@H](c1ccsc1)OC2. The molecule has 0 aliphatic carbocycles. The largest absolute Gasteiger partial charge is 0.460 e. The van der Waals surface area contributed by atoms with Crippen molar-refractivity contribution in [1.29, 1.82) is 0 Å². The summed E-state index contributed by atoms with van der Waals surface area (Å²) in [5.41, 5.74) is 2.28. The average Bonchev–Trinajstić information content (AvgIpc) is 3.53. The van der Waals surface area contributed by atoms with Gasteiger partial charge in [0.05, 0.1) is 12.9 Å². The van der Waals surface area contributed by atoms with Gasteiger partial charge in [-0.1, -0.05) is 12.1 Å². The fourth-order valence-corrected chi connectivity index (χ4v) is 4.69. The van der Waals surface area contributed by atoms with Gasteiger partial charge in [0.1, 0.15) is 35.8 Å². The number of fused-ring (bicyclic) bond motifs is 4. The topological polar surface area (TPSA) is 92.8 Å². The summed E-state index contributed by atoms with van der Waals surface area (Å²) < 4.78 is 37.9. The molecule has 0 radical (unpaired) electrons. The van der Waals surface area contributed by atoms with Crippen molar-refractivity contribution in [2.45, 2.75) is 26.0 Å². The number of thiophene rings is 1. The van der Waals surface area contributed by atoms with Gasteiger partial charge < -0.3 is 18.6 Å². The quantitative estimate of drug-likeness (QED) is 0.329. The number of carbonyl (C=O) groups is 1. The minimum atomic E-state index is -0.691. The first-order valence-corrected chi connectivity index (χ1v) is 11.6. The van der Waals surface area contributed by atoms with Gasteiger partial charge in [-0.3, -0.25) is 14.2 Å². The molecule has 5 aromatic rings. The van der Waals surface area contributed by atoms with E-state index in [1.165, 1.54) is 29.8 Å². The van der Waals surface area contributed by atoms with Crippen molar-refractivity contribution in [1.82, 2.24) is 9.55 Å². The van der Waals surface area contributed by atoms with Crippen molar-refractivity contribution >= 4 is 39.4 Å². The molecule has 0 bridgehead atoms. The highest BCUT2D eigenvalue weighted by Crippen LogP contribution is 2.37. The van der Waals surface area contributed by atoms with Crippen LogP contribution in [0.25, 0.3) is 22.1 Å². The zero-order valence-corrected chi connectivity index (χ0v) is 18.9. The molecule has 1 aliphatic rings. The maximum Gasteiger partial charge on any atom is 0.326 e. The number of para-hydroxylation sites is 1. The lowest BCUT2D eigenvalue weighted by Crippen LogP contribution is -2.25. The fourth-order valence-electron chi connectivity index (χ4n) is 4.03. The Hall–Kier alpha value is -4.02. The van der Waals surface area contributed by atoms with Crippen LogP contribution in [-0.2, 0) is 34.0 Å². The van der Waals surface area contributed by atoms with E-state index >= 15 is 0 Å². The second-order valence-corrected chi connectivity index (χ2v) is 8.76. The molecule has 176 valence electrons. The summed E-state index contributed by atoms with van der Waals surface area (Å²) >= 11 is 1.51. The molecule has 0 amide bonds.